The molecule has 2 N–H and O–H groups in total. The standard InChI is InChI=1S/C22H24N4O/c1-14(2)18-7-5-6-8-19(18)25-22-23-10-9-20(26-22)21(27)24-17-12-15(3)11-16(4)13-17/h5-14H,1-4H3,(H,24,27)(H,23,25,26). The van der Waals surface area contributed by atoms with Gasteiger partial charge in [0.05, 0.1) is 0 Å². The first-order chi connectivity index (χ1) is 12.9. The zero-order valence-corrected chi connectivity index (χ0v) is 16.1. The first-order valence-corrected chi connectivity index (χ1v) is 9.01. The zero-order valence-electron chi connectivity index (χ0n) is 16.1. The summed E-state index contributed by atoms with van der Waals surface area (Å²) >= 11 is 0. The molecule has 0 aliphatic carbocycles. The summed E-state index contributed by atoms with van der Waals surface area (Å²) in [5, 5.41) is 6.13. The maximum Gasteiger partial charge on any atom is 0.274 e. The molecule has 2 aromatic carbocycles. The van der Waals surface area contributed by atoms with Crippen molar-refractivity contribution in [2.45, 2.75) is 33.6 Å². The number of nitrogens with one attached hydrogen (secondary N) is 2. The summed E-state index contributed by atoms with van der Waals surface area (Å²) in [6.07, 6.45) is 1.59. The van der Waals surface area contributed by atoms with Crippen molar-refractivity contribution in [1.29, 1.82) is 0 Å². The average molecular weight is 360 g/mol. The van der Waals surface area contributed by atoms with Crippen LogP contribution in [0.2, 0.25) is 0 Å². The number of hydrogen-bond donors (Lipinski definition) is 2. The maximum absolute atomic E-state index is 12.6. The summed E-state index contributed by atoms with van der Waals surface area (Å²) in [5.74, 6) is 0.503. The molecule has 1 amide bonds. The number of nitrogens with zero attached hydrogens (tertiary/aromatic N) is 2. The topological polar surface area (TPSA) is 66.9 Å². The van der Waals surface area contributed by atoms with Crippen molar-refractivity contribution >= 4 is 23.2 Å². The van der Waals surface area contributed by atoms with Crippen LogP contribution in [-0.4, -0.2) is 15.9 Å². The molecule has 0 spiro atoms. The molecule has 1 aromatic heterocycles. The number of amides is 1. The van der Waals surface area contributed by atoms with Crippen LogP contribution in [0.5, 0.6) is 0 Å². The number of rotatable bonds is 5. The monoisotopic (exact) mass is 360 g/mol. The van der Waals surface area contributed by atoms with Gasteiger partial charge in [-0.3, -0.25) is 4.79 Å². The van der Waals surface area contributed by atoms with Crippen LogP contribution in [0.15, 0.2) is 54.7 Å². The van der Waals surface area contributed by atoms with Gasteiger partial charge < -0.3 is 10.6 Å². The van der Waals surface area contributed by atoms with E-state index in [1.165, 1.54) is 5.56 Å². The maximum atomic E-state index is 12.6. The summed E-state index contributed by atoms with van der Waals surface area (Å²) in [7, 11) is 0. The van der Waals surface area contributed by atoms with Crippen LogP contribution in [0.1, 0.15) is 46.9 Å². The van der Waals surface area contributed by atoms with Gasteiger partial charge in [-0.05, 0) is 60.7 Å². The third kappa shape index (κ3) is 4.70. The molecule has 0 atom stereocenters. The molecule has 0 saturated carbocycles. The molecular weight excluding hydrogens is 336 g/mol. The highest BCUT2D eigenvalue weighted by atomic mass is 16.1. The number of anilines is 3. The van der Waals surface area contributed by atoms with Crippen LogP contribution >= 0.6 is 0 Å². The minimum atomic E-state index is -0.261. The Bertz CT molecular complexity index is 946. The fourth-order valence-corrected chi connectivity index (χ4v) is 3.02. The van der Waals surface area contributed by atoms with Gasteiger partial charge in [0.1, 0.15) is 5.69 Å². The summed E-state index contributed by atoms with van der Waals surface area (Å²) in [4.78, 5) is 21.2. The first kappa shape index (κ1) is 18.6. The minimum Gasteiger partial charge on any atom is -0.324 e. The highest BCUT2D eigenvalue weighted by Gasteiger charge is 2.12. The van der Waals surface area contributed by atoms with Crippen molar-refractivity contribution in [3.05, 3.63) is 77.1 Å². The molecule has 0 saturated heterocycles. The van der Waals surface area contributed by atoms with E-state index in [0.29, 0.717) is 17.6 Å². The van der Waals surface area contributed by atoms with Crippen molar-refractivity contribution in [3.8, 4) is 0 Å². The molecule has 138 valence electrons. The van der Waals surface area contributed by atoms with Crippen molar-refractivity contribution in [1.82, 2.24) is 9.97 Å². The van der Waals surface area contributed by atoms with Gasteiger partial charge >= 0.3 is 0 Å². The Labute approximate surface area is 159 Å². The third-order valence-corrected chi connectivity index (χ3v) is 4.20. The van der Waals surface area contributed by atoms with E-state index in [1.807, 2.05) is 44.2 Å². The van der Waals surface area contributed by atoms with E-state index >= 15 is 0 Å². The Morgan fingerprint density at radius 2 is 1.70 bits per heavy atom. The summed E-state index contributed by atoms with van der Waals surface area (Å²) < 4.78 is 0. The lowest BCUT2D eigenvalue weighted by atomic mass is 10.0. The molecule has 0 aliphatic rings. The quantitative estimate of drug-likeness (QED) is 0.655. The Hall–Kier alpha value is -3.21. The van der Waals surface area contributed by atoms with E-state index in [-0.39, 0.29) is 5.91 Å². The van der Waals surface area contributed by atoms with Crippen LogP contribution in [0.4, 0.5) is 17.3 Å². The number of aryl methyl sites for hydroxylation is 2. The molecule has 0 fully saturated rings. The summed E-state index contributed by atoms with van der Waals surface area (Å²) in [5.41, 5.74) is 5.39. The Morgan fingerprint density at radius 1 is 1.00 bits per heavy atom. The summed E-state index contributed by atoms with van der Waals surface area (Å²) in [6, 6.07) is 15.6. The predicted octanol–water partition coefficient (Wildman–Crippen LogP) is 5.21. The van der Waals surface area contributed by atoms with Gasteiger partial charge in [0, 0.05) is 17.6 Å². The predicted molar refractivity (Wildman–Crippen MR) is 110 cm³/mol. The first-order valence-electron chi connectivity index (χ1n) is 9.01. The van der Waals surface area contributed by atoms with Crippen molar-refractivity contribution in [2.24, 2.45) is 0 Å². The van der Waals surface area contributed by atoms with E-state index in [0.717, 1.165) is 22.5 Å². The molecule has 0 unspecified atom stereocenters. The van der Waals surface area contributed by atoms with Gasteiger partial charge in [0.25, 0.3) is 5.91 Å². The molecule has 0 aliphatic heterocycles. The number of carbonyl (C=O) groups excluding carboxylic acids is 1. The lowest BCUT2D eigenvalue weighted by Crippen LogP contribution is -2.15. The second-order valence-corrected chi connectivity index (χ2v) is 6.96. The number of hydrogen-bond acceptors (Lipinski definition) is 4. The van der Waals surface area contributed by atoms with E-state index in [4.69, 9.17) is 0 Å². The van der Waals surface area contributed by atoms with Gasteiger partial charge in [0.15, 0.2) is 0 Å². The molecule has 3 rings (SSSR count). The molecular formula is C22H24N4O. The van der Waals surface area contributed by atoms with E-state index < -0.39 is 0 Å². The fourth-order valence-electron chi connectivity index (χ4n) is 3.02. The van der Waals surface area contributed by atoms with Gasteiger partial charge in [0.2, 0.25) is 5.95 Å². The second kappa shape index (κ2) is 7.99. The highest BCUT2D eigenvalue weighted by Crippen LogP contribution is 2.25. The SMILES string of the molecule is Cc1cc(C)cc(NC(=O)c2ccnc(Nc3ccccc3C(C)C)n2)c1. The van der Waals surface area contributed by atoms with Crippen LogP contribution < -0.4 is 10.6 Å². The molecule has 3 aromatic rings. The van der Waals surface area contributed by atoms with Crippen LogP contribution in [0.25, 0.3) is 0 Å². The summed E-state index contributed by atoms with van der Waals surface area (Å²) in [6.45, 7) is 8.27. The van der Waals surface area contributed by atoms with Gasteiger partial charge in [-0.25, -0.2) is 9.97 Å². The Kier molecular flexibility index (Phi) is 5.50. The second-order valence-electron chi connectivity index (χ2n) is 6.96. The number of para-hydroxylation sites is 1. The van der Waals surface area contributed by atoms with E-state index in [9.17, 15) is 4.79 Å². The molecule has 0 radical (unpaired) electrons. The molecule has 5 heteroatoms. The molecule has 0 bridgehead atoms. The molecule has 27 heavy (non-hydrogen) atoms. The minimum absolute atomic E-state index is 0.261. The van der Waals surface area contributed by atoms with E-state index in [1.54, 1.807) is 12.3 Å². The van der Waals surface area contributed by atoms with Crippen LogP contribution in [0.3, 0.4) is 0 Å². The smallest absolute Gasteiger partial charge is 0.274 e. The zero-order chi connectivity index (χ0) is 19.4. The van der Waals surface area contributed by atoms with Gasteiger partial charge in [-0.2, -0.15) is 0 Å². The number of benzene rings is 2. The van der Waals surface area contributed by atoms with Crippen LogP contribution in [-0.2, 0) is 0 Å². The number of carbonyl (C=O) groups is 1. The lowest BCUT2D eigenvalue weighted by Gasteiger charge is -2.14. The van der Waals surface area contributed by atoms with Crippen LogP contribution in [0, 0.1) is 13.8 Å². The highest BCUT2D eigenvalue weighted by molar-refractivity contribution is 6.03. The molecule has 1 heterocycles. The van der Waals surface area contributed by atoms with Crippen molar-refractivity contribution < 1.29 is 4.79 Å². The fraction of sp³-hybridized carbons (Fsp3) is 0.227. The average Bonchev–Trinajstić information content (AvgIpc) is 2.61. The Balaban J connectivity index is 1.80. The largest absolute Gasteiger partial charge is 0.324 e. The van der Waals surface area contributed by atoms with Gasteiger partial charge in [-0.1, -0.05) is 38.1 Å². The Morgan fingerprint density at radius 3 is 2.41 bits per heavy atom. The molecule has 5 nitrogen and oxygen atoms in total. The van der Waals surface area contributed by atoms with Crippen molar-refractivity contribution in [3.63, 3.8) is 0 Å². The third-order valence-electron chi connectivity index (χ3n) is 4.20. The number of aromatic nitrogens is 2. The normalized spacial score (nSPS) is 10.7. The lowest BCUT2D eigenvalue weighted by molar-refractivity contribution is 0.102. The van der Waals surface area contributed by atoms with Gasteiger partial charge in [-0.15, -0.1) is 0 Å². The van der Waals surface area contributed by atoms with Crippen molar-refractivity contribution in [2.75, 3.05) is 10.6 Å². The van der Waals surface area contributed by atoms with E-state index in [2.05, 4.69) is 46.6 Å².